The van der Waals surface area contributed by atoms with Crippen molar-refractivity contribution in [3.8, 4) is 5.75 Å². The van der Waals surface area contributed by atoms with Crippen molar-refractivity contribution in [3.63, 3.8) is 0 Å². The minimum atomic E-state index is -0.820. The normalized spacial score (nSPS) is 11.5. The number of nitrogens with one attached hydrogen (secondary N) is 2. The number of rotatable bonds is 8. The highest BCUT2D eigenvalue weighted by Gasteiger charge is 2.08. The maximum Gasteiger partial charge on any atom is 0.319 e. The van der Waals surface area contributed by atoms with E-state index >= 15 is 0 Å². The van der Waals surface area contributed by atoms with E-state index in [1.54, 1.807) is 18.2 Å². The summed E-state index contributed by atoms with van der Waals surface area (Å²) < 4.78 is 5.35. The summed E-state index contributed by atoms with van der Waals surface area (Å²) in [6, 6.07) is 6.83. The van der Waals surface area contributed by atoms with Crippen LogP contribution >= 0.6 is 0 Å². The van der Waals surface area contributed by atoms with Gasteiger partial charge in [-0.25, -0.2) is 4.79 Å². The number of carbonyl (C=O) groups is 2. The number of ether oxygens (including phenoxy) is 1. The second-order valence-corrected chi connectivity index (χ2v) is 4.83. The predicted molar refractivity (Wildman–Crippen MR) is 80.7 cm³/mol. The summed E-state index contributed by atoms with van der Waals surface area (Å²) in [6.45, 7) is 4.80. The maximum atomic E-state index is 11.7. The molecule has 0 aliphatic heterocycles. The van der Waals surface area contributed by atoms with Gasteiger partial charge in [-0.05, 0) is 31.4 Å². The summed E-state index contributed by atoms with van der Waals surface area (Å²) in [6.07, 6.45) is 0.649. The van der Waals surface area contributed by atoms with Gasteiger partial charge in [0.25, 0.3) is 0 Å². The molecule has 6 nitrogen and oxygen atoms in total. The molecule has 3 N–H and O–H groups in total. The number of hydrogen-bond acceptors (Lipinski definition) is 3. The van der Waals surface area contributed by atoms with Crippen LogP contribution in [0.1, 0.15) is 26.7 Å². The number of carboxylic acids is 1. The second kappa shape index (κ2) is 8.84. The number of aliphatic carboxylic acids is 1. The first-order valence-electron chi connectivity index (χ1n) is 7.00. The van der Waals surface area contributed by atoms with Crippen LogP contribution in [0.4, 0.5) is 10.5 Å². The van der Waals surface area contributed by atoms with E-state index in [-0.39, 0.29) is 18.4 Å². The number of urea groups is 1. The molecule has 1 aromatic carbocycles. The fourth-order valence-electron chi connectivity index (χ4n) is 1.74. The average molecular weight is 294 g/mol. The standard InChI is InChI=1S/C15H22N2O4/c1-3-21-13-6-4-5-12(9-13)17-15(20)16-10-11(2)7-8-14(18)19/h4-6,9,11H,3,7-8,10H2,1-2H3,(H,18,19)(H2,16,17,20). The Morgan fingerprint density at radius 1 is 1.38 bits per heavy atom. The van der Waals surface area contributed by atoms with Crippen LogP contribution in [0.15, 0.2) is 24.3 Å². The minimum Gasteiger partial charge on any atom is -0.494 e. The number of hydrogen-bond donors (Lipinski definition) is 3. The molecule has 1 rings (SSSR count). The van der Waals surface area contributed by atoms with E-state index in [1.807, 2.05) is 19.9 Å². The van der Waals surface area contributed by atoms with Crippen molar-refractivity contribution >= 4 is 17.7 Å². The Hall–Kier alpha value is -2.24. The zero-order valence-electron chi connectivity index (χ0n) is 12.4. The Bertz CT molecular complexity index is 476. The molecule has 0 heterocycles. The van der Waals surface area contributed by atoms with Crippen molar-refractivity contribution in [2.75, 3.05) is 18.5 Å². The van der Waals surface area contributed by atoms with E-state index in [2.05, 4.69) is 10.6 Å². The summed E-state index contributed by atoms with van der Waals surface area (Å²) in [5.41, 5.74) is 0.650. The highest BCUT2D eigenvalue weighted by atomic mass is 16.5. The zero-order chi connectivity index (χ0) is 15.7. The Morgan fingerprint density at radius 3 is 2.81 bits per heavy atom. The van der Waals surface area contributed by atoms with E-state index < -0.39 is 5.97 Å². The van der Waals surface area contributed by atoms with Crippen molar-refractivity contribution in [3.05, 3.63) is 24.3 Å². The van der Waals surface area contributed by atoms with Gasteiger partial charge in [0.2, 0.25) is 0 Å². The molecule has 0 aromatic heterocycles. The molecule has 0 fully saturated rings. The van der Waals surface area contributed by atoms with Gasteiger partial charge in [-0.15, -0.1) is 0 Å². The zero-order valence-corrected chi connectivity index (χ0v) is 12.4. The fraction of sp³-hybridized carbons (Fsp3) is 0.467. The van der Waals surface area contributed by atoms with E-state index in [1.165, 1.54) is 0 Å². The number of carboxylic acid groups (broad SMARTS) is 1. The third kappa shape index (κ3) is 7.20. The van der Waals surface area contributed by atoms with E-state index in [4.69, 9.17) is 9.84 Å². The van der Waals surface area contributed by atoms with Crippen molar-refractivity contribution in [1.82, 2.24) is 5.32 Å². The van der Waals surface area contributed by atoms with Gasteiger partial charge in [-0.1, -0.05) is 13.0 Å². The van der Waals surface area contributed by atoms with Gasteiger partial charge in [-0.3, -0.25) is 4.79 Å². The van der Waals surface area contributed by atoms with E-state index in [0.717, 1.165) is 0 Å². The second-order valence-electron chi connectivity index (χ2n) is 4.83. The van der Waals surface area contributed by atoms with Crippen molar-refractivity contribution in [1.29, 1.82) is 0 Å². The Morgan fingerprint density at radius 2 is 2.14 bits per heavy atom. The van der Waals surface area contributed by atoms with Gasteiger partial charge < -0.3 is 20.5 Å². The smallest absolute Gasteiger partial charge is 0.319 e. The molecule has 2 amide bonds. The number of amides is 2. The number of carbonyl (C=O) groups excluding carboxylic acids is 1. The lowest BCUT2D eigenvalue weighted by atomic mass is 10.1. The quantitative estimate of drug-likeness (QED) is 0.688. The van der Waals surface area contributed by atoms with Gasteiger partial charge in [0.05, 0.1) is 6.61 Å². The summed E-state index contributed by atoms with van der Waals surface area (Å²) in [5, 5.41) is 14.0. The lowest BCUT2D eigenvalue weighted by molar-refractivity contribution is -0.137. The lowest BCUT2D eigenvalue weighted by Crippen LogP contribution is -2.32. The molecule has 0 bridgehead atoms. The van der Waals surface area contributed by atoms with Crippen LogP contribution in [0, 0.1) is 5.92 Å². The van der Waals surface area contributed by atoms with Gasteiger partial charge >= 0.3 is 12.0 Å². The molecule has 0 aliphatic carbocycles. The summed E-state index contributed by atoms with van der Waals surface area (Å²) >= 11 is 0. The molecule has 0 saturated carbocycles. The molecule has 21 heavy (non-hydrogen) atoms. The number of benzene rings is 1. The van der Waals surface area contributed by atoms with Gasteiger partial charge in [0.1, 0.15) is 5.75 Å². The SMILES string of the molecule is CCOc1cccc(NC(=O)NCC(C)CCC(=O)O)c1. The van der Waals surface area contributed by atoms with Crippen LogP contribution in [0.25, 0.3) is 0 Å². The lowest BCUT2D eigenvalue weighted by Gasteiger charge is -2.13. The molecule has 0 radical (unpaired) electrons. The predicted octanol–water partition coefficient (Wildman–Crippen LogP) is 2.71. The van der Waals surface area contributed by atoms with Crippen LogP contribution < -0.4 is 15.4 Å². The summed E-state index contributed by atoms with van der Waals surface area (Å²) in [5.74, 6) is -0.00854. The topological polar surface area (TPSA) is 87.7 Å². The van der Waals surface area contributed by atoms with Gasteiger partial charge in [0, 0.05) is 24.7 Å². The van der Waals surface area contributed by atoms with Gasteiger partial charge in [-0.2, -0.15) is 0 Å². The molecule has 0 aliphatic rings. The third-order valence-corrected chi connectivity index (χ3v) is 2.86. The molecular formula is C15H22N2O4. The molecular weight excluding hydrogens is 272 g/mol. The Kier molecular flexibility index (Phi) is 7.08. The molecule has 0 spiro atoms. The highest BCUT2D eigenvalue weighted by molar-refractivity contribution is 5.89. The molecule has 0 saturated heterocycles. The van der Waals surface area contributed by atoms with Crippen molar-refractivity contribution < 1.29 is 19.4 Å². The average Bonchev–Trinajstić information content (AvgIpc) is 2.43. The van der Waals surface area contributed by atoms with Gasteiger partial charge in [0.15, 0.2) is 0 Å². The highest BCUT2D eigenvalue weighted by Crippen LogP contribution is 2.17. The molecule has 1 atom stereocenters. The van der Waals surface area contributed by atoms with E-state index in [0.29, 0.717) is 31.0 Å². The summed E-state index contributed by atoms with van der Waals surface area (Å²) in [4.78, 5) is 22.2. The molecule has 116 valence electrons. The van der Waals surface area contributed by atoms with Crippen LogP contribution in [0.3, 0.4) is 0 Å². The maximum absolute atomic E-state index is 11.7. The van der Waals surface area contributed by atoms with E-state index in [9.17, 15) is 9.59 Å². The van der Waals surface area contributed by atoms with Crippen LogP contribution in [0.2, 0.25) is 0 Å². The summed E-state index contributed by atoms with van der Waals surface area (Å²) in [7, 11) is 0. The fourth-order valence-corrected chi connectivity index (χ4v) is 1.74. The molecule has 1 aromatic rings. The Balaban J connectivity index is 2.36. The largest absolute Gasteiger partial charge is 0.494 e. The minimum absolute atomic E-state index is 0.112. The first-order valence-corrected chi connectivity index (χ1v) is 7.00. The van der Waals surface area contributed by atoms with Crippen LogP contribution in [-0.4, -0.2) is 30.3 Å². The number of anilines is 1. The monoisotopic (exact) mass is 294 g/mol. The Labute approximate surface area is 124 Å². The van der Waals surface area contributed by atoms with Crippen molar-refractivity contribution in [2.45, 2.75) is 26.7 Å². The first kappa shape index (κ1) is 16.8. The molecule has 6 heteroatoms. The third-order valence-electron chi connectivity index (χ3n) is 2.86. The molecule has 1 unspecified atom stereocenters. The first-order chi connectivity index (χ1) is 10.0. The van der Waals surface area contributed by atoms with Crippen LogP contribution in [0.5, 0.6) is 5.75 Å². The van der Waals surface area contributed by atoms with Crippen LogP contribution in [-0.2, 0) is 4.79 Å². The van der Waals surface area contributed by atoms with Crippen molar-refractivity contribution in [2.24, 2.45) is 5.92 Å².